The molecule has 0 aliphatic heterocycles. The molecule has 3 atom stereocenters. The van der Waals surface area contributed by atoms with Gasteiger partial charge in [0.15, 0.2) is 0 Å². The summed E-state index contributed by atoms with van der Waals surface area (Å²) in [5.74, 6) is 1.33. The van der Waals surface area contributed by atoms with E-state index in [1.807, 2.05) is 13.0 Å². The summed E-state index contributed by atoms with van der Waals surface area (Å²) in [6.07, 6.45) is 6.90. The second kappa shape index (κ2) is 4.32. The number of benzene rings is 1. The Kier molecular flexibility index (Phi) is 2.83. The molecule has 1 aromatic carbocycles. The molecule has 1 aromatic rings. The fourth-order valence-corrected chi connectivity index (χ4v) is 6.39. The van der Waals surface area contributed by atoms with Crippen LogP contribution in [0.4, 0.5) is 4.39 Å². The summed E-state index contributed by atoms with van der Waals surface area (Å²) >= 11 is 0. The summed E-state index contributed by atoms with van der Waals surface area (Å²) < 4.78 is 13.7. The summed E-state index contributed by atoms with van der Waals surface area (Å²) in [6, 6.07) is 5.05. The molecule has 0 amide bonds. The Hall–Kier alpha value is -0.890. The Labute approximate surface area is 126 Å². The molecule has 1 N–H and O–H groups in total. The van der Waals surface area contributed by atoms with Crippen LogP contribution in [-0.4, -0.2) is 5.11 Å². The zero-order valence-corrected chi connectivity index (χ0v) is 13.0. The van der Waals surface area contributed by atoms with Crippen LogP contribution in [0.3, 0.4) is 0 Å². The molecule has 21 heavy (non-hydrogen) atoms. The van der Waals surface area contributed by atoms with Gasteiger partial charge in [-0.05, 0) is 86.0 Å². The van der Waals surface area contributed by atoms with Crippen LogP contribution in [0.25, 0.3) is 0 Å². The number of aliphatic hydroxyl groups is 1. The minimum absolute atomic E-state index is 0.000926. The third-order valence-corrected chi connectivity index (χ3v) is 6.36. The lowest BCUT2D eigenvalue weighted by molar-refractivity contribution is -0.155. The first-order valence-electron chi connectivity index (χ1n) is 8.33. The van der Waals surface area contributed by atoms with E-state index in [1.165, 1.54) is 25.3 Å². The number of aryl methyl sites for hydroxylation is 1. The van der Waals surface area contributed by atoms with E-state index in [9.17, 15) is 9.50 Å². The predicted octanol–water partition coefficient (Wildman–Crippen LogP) is 4.77. The van der Waals surface area contributed by atoms with Crippen LogP contribution in [-0.2, 0) is 0 Å². The molecular formula is C19H25FO. The molecule has 4 aliphatic carbocycles. The van der Waals surface area contributed by atoms with Crippen molar-refractivity contribution in [2.75, 3.05) is 0 Å². The molecule has 0 radical (unpaired) electrons. The second-order valence-electron chi connectivity index (χ2n) is 8.60. The first-order valence-corrected chi connectivity index (χ1v) is 8.33. The van der Waals surface area contributed by atoms with E-state index in [0.717, 1.165) is 42.2 Å². The third-order valence-electron chi connectivity index (χ3n) is 6.36. The molecule has 4 aliphatic rings. The molecular weight excluding hydrogens is 263 g/mol. The number of aliphatic hydroxyl groups excluding tert-OH is 1. The maximum Gasteiger partial charge on any atom is 0.123 e. The Morgan fingerprint density at radius 2 is 1.81 bits per heavy atom. The van der Waals surface area contributed by atoms with Gasteiger partial charge in [0.1, 0.15) is 5.82 Å². The topological polar surface area (TPSA) is 20.2 Å². The first kappa shape index (κ1) is 13.8. The predicted molar refractivity (Wildman–Crippen MR) is 81.3 cm³/mol. The standard InChI is InChI=1S/C19H25FO/c1-12-3-15(6-16(20)4-12)17(21)19-9-13-5-14(10-19)8-18(2,7-13)11-19/h3-4,6,13-14,17,21H,5,7-11H2,1-2H3. The van der Waals surface area contributed by atoms with Crippen molar-refractivity contribution in [3.63, 3.8) is 0 Å². The molecule has 114 valence electrons. The zero-order valence-electron chi connectivity index (χ0n) is 13.0. The Morgan fingerprint density at radius 3 is 2.38 bits per heavy atom. The van der Waals surface area contributed by atoms with Gasteiger partial charge in [-0.15, -0.1) is 0 Å². The zero-order chi connectivity index (χ0) is 14.8. The molecule has 5 rings (SSSR count). The number of hydrogen-bond acceptors (Lipinski definition) is 1. The smallest absolute Gasteiger partial charge is 0.123 e. The molecule has 0 spiro atoms. The number of halogens is 1. The van der Waals surface area contributed by atoms with Gasteiger partial charge in [-0.1, -0.05) is 13.0 Å². The van der Waals surface area contributed by atoms with Crippen LogP contribution in [0.15, 0.2) is 18.2 Å². The van der Waals surface area contributed by atoms with E-state index in [0.29, 0.717) is 5.41 Å². The van der Waals surface area contributed by atoms with Gasteiger partial charge in [-0.3, -0.25) is 0 Å². The van der Waals surface area contributed by atoms with E-state index in [4.69, 9.17) is 0 Å². The Bertz CT molecular complexity index is 545. The quantitative estimate of drug-likeness (QED) is 0.830. The van der Waals surface area contributed by atoms with Crippen molar-refractivity contribution in [2.24, 2.45) is 22.7 Å². The molecule has 0 heterocycles. The molecule has 0 aromatic heterocycles. The summed E-state index contributed by atoms with van der Waals surface area (Å²) in [5, 5.41) is 11.1. The van der Waals surface area contributed by atoms with Crippen molar-refractivity contribution in [3.05, 3.63) is 35.1 Å². The van der Waals surface area contributed by atoms with Crippen molar-refractivity contribution in [3.8, 4) is 0 Å². The lowest BCUT2D eigenvalue weighted by Crippen LogP contribution is -2.53. The number of rotatable bonds is 2. The van der Waals surface area contributed by atoms with Gasteiger partial charge in [0.25, 0.3) is 0 Å². The normalized spacial score (nSPS) is 42.3. The highest BCUT2D eigenvalue weighted by Crippen LogP contribution is 2.68. The van der Waals surface area contributed by atoms with Crippen LogP contribution in [0.5, 0.6) is 0 Å². The maximum atomic E-state index is 13.7. The van der Waals surface area contributed by atoms with Crippen molar-refractivity contribution in [1.82, 2.24) is 0 Å². The van der Waals surface area contributed by atoms with Crippen molar-refractivity contribution in [2.45, 2.75) is 58.5 Å². The largest absolute Gasteiger partial charge is 0.388 e. The minimum Gasteiger partial charge on any atom is -0.388 e. The summed E-state index contributed by atoms with van der Waals surface area (Å²) in [7, 11) is 0. The average molecular weight is 288 g/mol. The van der Waals surface area contributed by atoms with E-state index in [2.05, 4.69) is 6.92 Å². The van der Waals surface area contributed by atoms with Crippen LogP contribution in [0.1, 0.15) is 62.7 Å². The lowest BCUT2D eigenvalue weighted by Gasteiger charge is -2.62. The highest BCUT2D eigenvalue weighted by molar-refractivity contribution is 5.28. The van der Waals surface area contributed by atoms with Crippen molar-refractivity contribution >= 4 is 0 Å². The molecule has 4 fully saturated rings. The average Bonchev–Trinajstić information content (AvgIpc) is 2.33. The van der Waals surface area contributed by atoms with Crippen LogP contribution < -0.4 is 0 Å². The van der Waals surface area contributed by atoms with E-state index >= 15 is 0 Å². The van der Waals surface area contributed by atoms with E-state index < -0.39 is 6.10 Å². The van der Waals surface area contributed by atoms with Gasteiger partial charge < -0.3 is 5.11 Å². The van der Waals surface area contributed by atoms with Crippen LogP contribution in [0, 0.1) is 35.4 Å². The van der Waals surface area contributed by atoms with Gasteiger partial charge in [0.05, 0.1) is 6.10 Å². The maximum absolute atomic E-state index is 13.7. The fraction of sp³-hybridized carbons (Fsp3) is 0.684. The Morgan fingerprint density at radius 1 is 1.14 bits per heavy atom. The SMILES string of the molecule is Cc1cc(F)cc(C(O)C23CC4CC(CC(C)(C4)C2)C3)c1. The third kappa shape index (κ3) is 2.14. The van der Waals surface area contributed by atoms with Crippen molar-refractivity contribution < 1.29 is 9.50 Å². The van der Waals surface area contributed by atoms with Gasteiger partial charge >= 0.3 is 0 Å². The van der Waals surface area contributed by atoms with E-state index in [-0.39, 0.29) is 11.2 Å². The fourth-order valence-electron chi connectivity index (χ4n) is 6.39. The minimum atomic E-state index is -0.503. The molecule has 3 unspecified atom stereocenters. The molecule has 0 saturated heterocycles. The number of hydrogen-bond donors (Lipinski definition) is 1. The summed E-state index contributed by atoms with van der Waals surface area (Å²) in [5.41, 5.74) is 2.10. The first-order chi connectivity index (χ1) is 9.87. The second-order valence-corrected chi connectivity index (χ2v) is 8.60. The van der Waals surface area contributed by atoms with Crippen LogP contribution >= 0.6 is 0 Å². The molecule has 4 saturated carbocycles. The van der Waals surface area contributed by atoms with Gasteiger partial charge in [0.2, 0.25) is 0 Å². The van der Waals surface area contributed by atoms with Gasteiger partial charge in [-0.2, -0.15) is 0 Å². The monoisotopic (exact) mass is 288 g/mol. The summed E-state index contributed by atoms with van der Waals surface area (Å²) in [4.78, 5) is 0. The molecule has 4 bridgehead atoms. The summed E-state index contributed by atoms with van der Waals surface area (Å²) in [6.45, 7) is 4.31. The lowest BCUT2D eigenvalue weighted by atomic mass is 9.43. The van der Waals surface area contributed by atoms with Gasteiger partial charge in [-0.25, -0.2) is 4.39 Å². The van der Waals surface area contributed by atoms with Crippen LogP contribution in [0.2, 0.25) is 0 Å². The molecule has 1 nitrogen and oxygen atoms in total. The Balaban J connectivity index is 1.71. The molecule has 2 heteroatoms. The van der Waals surface area contributed by atoms with E-state index in [1.54, 1.807) is 6.07 Å². The van der Waals surface area contributed by atoms with Gasteiger partial charge in [0, 0.05) is 5.41 Å². The van der Waals surface area contributed by atoms with Crippen molar-refractivity contribution in [1.29, 1.82) is 0 Å². The highest BCUT2D eigenvalue weighted by atomic mass is 19.1. The highest BCUT2D eigenvalue weighted by Gasteiger charge is 2.58.